The zero-order valence-electron chi connectivity index (χ0n) is 16.0. The van der Waals surface area contributed by atoms with Gasteiger partial charge < -0.3 is 10.1 Å². The van der Waals surface area contributed by atoms with Crippen molar-refractivity contribution in [3.8, 4) is 11.6 Å². The fourth-order valence-corrected chi connectivity index (χ4v) is 5.11. The Bertz CT molecular complexity index is 1240. The van der Waals surface area contributed by atoms with Crippen molar-refractivity contribution in [1.29, 1.82) is 0 Å². The lowest BCUT2D eigenvalue weighted by Gasteiger charge is -2.18. The van der Waals surface area contributed by atoms with Crippen LogP contribution in [0.4, 0.5) is 11.4 Å². The molecule has 31 heavy (non-hydrogen) atoms. The smallest absolute Gasteiger partial charge is 0.257 e. The summed E-state index contributed by atoms with van der Waals surface area (Å²) >= 11 is 12.4. The van der Waals surface area contributed by atoms with Crippen molar-refractivity contribution in [3.63, 3.8) is 0 Å². The van der Waals surface area contributed by atoms with Gasteiger partial charge >= 0.3 is 0 Å². The van der Waals surface area contributed by atoms with Crippen LogP contribution in [0.1, 0.15) is 16.8 Å². The summed E-state index contributed by atoms with van der Waals surface area (Å²) in [6, 6.07) is 10.8. The first-order valence-electron chi connectivity index (χ1n) is 9.18. The van der Waals surface area contributed by atoms with E-state index in [0.717, 1.165) is 0 Å². The highest BCUT2D eigenvalue weighted by Gasteiger charge is 2.29. The highest BCUT2D eigenvalue weighted by molar-refractivity contribution is 7.93. The second-order valence-corrected chi connectivity index (χ2v) is 9.54. The highest BCUT2D eigenvalue weighted by atomic mass is 35.5. The van der Waals surface area contributed by atoms with Gasteiger partial charge in [-0.2, -0.15) is 0 Å². The second-order valence-electron chi connectivity index (χ2n) is 6.69. The molecule has 0 spiro atoms. The van der Waals surface area contributed by atoms with E-state index in [4.69, 9.17) is 27.9 Å². The number of carbonyl (C=O) groups excluding carboxylic acids is 1. The number of nitrogens with one attached hydrogen (secondary N) is 1. The zero-order chi connectivity index (χ0) is 22.0. The van der Waals surface area contributed by atoms with Gasteiger partial charge in [0.25, 0.3) is 5.91 Å². The molecule has 1 aromatic heterocycles. The Morgan fingerprint density at radius 2 is 1.97 bits per heavy atom. The van der Waals surface area contributed by atoms with Gasteiger partial charge in [-0.25, -0.2) is 18.4 Å². The van der Waals surface area contributed by atoms with Crippen LogP contribution < -0.4 is 14.4 Å². The summed E-state index contributed by atoms with van der Waals surface area (Å²) in [4.78, 5) is 20.7. The number of anilines is 2. The number of hydrogen-bond donors (Lipinski definition) is 1. The predicted molar refractivity (Wildman–Crippen MR) is 119 cm³/mol. The van der Waals surface area contributed by atoms with Crippen LogP contribution in [0.5, 0.6) is 11.6 Å². The van der Waals surface area contributed by atoms with Crippen molar-refractivity contribution < 1.29 is 17.9 Å². The van der Waals surface area contributed by atoms with Crippen LogP contribution in [0.2, 0.25) is 10.0 Å². The summed E-state index contributed by atoms with van der Waals surface area (Å²) in [5, 5.41) is 3.25. The quantitative estimate of drug-likeness (QED) is 0.583. The third kappa shape index (κ3) is 4.90. The Hall–Kier alpha value is -2.88. The van der Waals surface area contributed by atoms with Crippen LogP contribution >= 0.6 is 23.2 Å². The number of carbonyl (C=O) groups is 1. The van der Waals surface area contributed by atoms with Gasteiger partial charge in [-0.3, -0.25) is 9.10 Å². The molecule has 1 N–H and O–H groups in total. The van der Waals surface area contributed by atoms with E-state index in [0.29, 0.717) is 41.0 Å². The van der Waals surface area contributed by atoms with E-state index in [1.807, 2.05) is 0 Å². The molecule has 1 fully saturated rings. The van der Waals surface area contributed by atoms with Crippen molar-refractivity contribution in [2.24, 2.45) is 0 Å². The first-order chi connectivity index (χ1) is 14.8. The van der Waals surface area contributed by atoms with E-state index in [-0.39, 0.29) is 16.3 Å². The Kier molecular flexibility index (Phi) is 5.99. The maximum atomic E-state index is 12.9. The minimum Gasteiger partial charge on any atom is -0.439 e. The van der Waals surface area contributed by atoms with Crippen molar-refractivity contribution in [2.75, 3.05) is 21.9 Å². The fraction of sp³-hybridized carbons (Fsp3) is 0.150. The van der Waals surface area contributed by atoms with E-state index in [1.165, 1.54) is 29.0 Å². The Balaban J connectivity index is 1.58. The molecule has 160 valence electrons. The first kappa shape index (κ1) is 21.4. The molecule has 2 heterocycles. The lowest BCUT2D eigenvalue weighted by Crippen LogP contribution is -2.25. The molecule has 0 saturated carbocycles. The van der Waals surface area contributed by atoms with Gasteiger partial charge in [0.2, 0.25) is 15.9 Å². The number of aromatic nitrogens is 2. The topological polar surface area (TPSA) is 101 Å². The molecule has 0 unspecified atom stereocenters. The average molecular weight is 479 g/mol. The Morgan fingerprint density at radius 3 is 2.68 bits per heavy atom. The highest BCUT2D eigenvalue weighted by Crippen LogP contribution is 2.31. The predicted octanol–water partition coefficient (Wildman–Crippen LogP) is 4.37. The maximum absolute atomic E-state index is 12.9. The van der Waals surface area contributed by atoms with Gasteiger partial charge in [0, 0.05) is 35.6 Å². The number of rotatable bonds is 5. The molecule has 1 aliphatic rings. The van der Waals surface area contributed by atoms with Gasteiger partial charge in [0.05, 0.1) is 22.0 Å². The summed E-state index contributed by atoms with van der Waals surface area (Å²) in [7, 11) is -3.38. The van der Waals surface area contributed by atoms with Crippen LogP contribution in [-0.2, 0) is 10.0 Å². The van der Waals surface area contributed by atoms with Crippen LogP contribution in [0.25, 0.3) is 0 Å². The molecule has 0 aliphatic carbocycles. The summed E-state index contributed by atoms with van der Waals surface area (Å²) in [6.45, 7) is 0.364. The molecule has 0 bridgehead atoms. The van der Waals surface area contributed by atoms with Crippen LogP contribution in [0.3, 0.4) is 0 Å². The number of sulfonamides is 1. The molecule has 0 radical (unpaired) electrons. The third-order valence-electron chi connectivity index (χ3n) is 4.49. The molecule has 1 aliphatic heterocycles. The molecular formula is C20H16Cl2N4O4S. The van der Waals surface area contributed by atoms with Crippen molar-refractivity contribution in [2.45, 2.75) is 6.42 Å². The van der Waals surface area contributed by atoms with E-state index in [1.54, 1.807) is 30.3 Å². The van der Waals surface area contributed by atoms with Crippen LogP contribution in [0, 0.1) is 0 Å². The number of halogens is 2. The van der Waals surface area contributed by atoms with E-state index in [9.17, 15) is 13.2 Å². The normalized spacial score (nSPS) is 15.0. The lowest BCUT2D eigenvalue weighted by molar-refractivity contribution is 0.102. The van der Waals surface area contributed by atoms with Crippen molar-refractivity contribution in [1.82, 2.24) is 9.97 Å². The van der Waals surface area contributed by atoms with Gasteiger partial charge in [-0.1, -0.05) is 23.2 Å². The molecule has 8 nitrogen and oxygen atoms in total. The molecule has 2 aromatic carbocycles. The molecule has 11 heteroatoms. The minimum atomic E-state index is -3.38. The van der Waals surface area contributed by atoms with Crippen molar-refractivity contribution in [3.05, 3.63) is 70.6 Å². The van der Waals surface area contributed by atoms with E-state index >= 15 is 0 Å². The maximum Gasteiger partial charge on any atom is 0.257 e. The third-order valence-corrected chi connectivity index (χ3v) is 6.91. The number of hydrogen-bond acceptors (Lipinski definition) is 6. The van der Waals surface area contributed by atoms with Gasteiger partial charge in [0.15, 0.2) is 0 Å². The second kappa shape index (κ2) is 8.70. The number of nitrogens with zero attached hydrogens (tertiary/aromatic N) is 3. The Morgan fingerprint density at radius 1 is 1.13 bits per heavy atom. The minimum absolute atomic E-state index is 0.0782. The molecule has 1 saturated heterocycles. The summed E-state index contributed by atoms with van der Waals surface area (Å²) in [5.74, 6) is 0.245. The van der Waals surface area contributed by atoms with Crippen LogP contribution in [-0.4, -0.2) is 36.6 Å². The molecule has 1 amide bonds. The summed E-state index contributed by atoms with van der Waals surface area (Å²) in [5.41, 5.74) is 0.905. The molecular weight excluding hydrogens is 463 g/mol. The average Bonchev–Trinajstić information content (AvgIpc) is 3.07. The monoisotopic (exact) mass is 478 g/mol. The summed E-state index contributed by atoms with van der Waals surface area (Å²) in [6.07, 6.45) is 3.41. The zero-order valence-corrected chi connectivity index (χ0v) is 18.3. The fourth-order valence-electron chi connectivity index (χ4n) is 3.12. The number of ether oxygens (including phenoxy) is 1. The van der Waals surface area contributed by atoms with Gasteiger partial charge in [-0.15, -0.1) is 0 Å². The van der Waals surface area contributed by atoms with Crippen LogP contribution in [0.15, 0.2) is 55.0 Å². The van der Waals surface area contributed by atoms with E-state index < -0.39 is 15.9 Å². The number of amides is 1. The lowest BCUT2D eigenvalue weighted by atomic mass is 10.1. The largest absolute Gasteiger partial charge is 0.439 e. The summed E-state index contributed by atoms with van der Waals surface area (Å²) < 4.78 is 31.3. The molecule has 3 aromatic rings. The van der Waals surface area contributed by atoms with Gasteiger partial charge in [0.1, 0.15) is 12.1 Å². The van der Waals surface area contributed by atoms with Crippen molar-refractivity contribution >= 4 is 50.5 Å². The van der Waals surface area contributed by atoms with Gasteiger partial charge in [-0.05, 0) is 36.8 Å². The molecule has 4 rings (SSSR count). The number of benzene rings is 2. The standard InChI is InChI=1S/C20H16Cl2N4O4S/c21-13-8-14(10-16(9-13)30-19-4-5-23-12-24-19)25-20(27)17-11-15(2-3-18(17)22)26-6-1-7-31(26,28)29/h2-5,8-12H,1,6-7H2,(H,25,27). The first-order valence-corrected chi connectivity index (χ1v) is 11.5. The SMILES string of the molecule is O=C(Nc1cc(Cl)cc(Oc2ccncn2)c1)c1cc(N2CCCS2(=O)=O)ccc1Cl. The Labute approximate surface area is 188 Å². The molecule has 0 atom stereocenters. The van der Waals surface area contributed by atoms with E-state index in [2.05, 4.69) is 15.3 Å².